The molecule has 3 rings (SSSR count). The molecule has 5 nitrogen and oxygen atoms in total. The van der Waals surface area contributed by atoms with Gasteiger partial charge in [0.1, 0.15) is 5.69 Å². The van der Waals surface area contributed by atoms with Crippen LogP contribution >= 0.6 is 11.3 Å². The van der Waals surface area contributed by atoms with E-state index in [1.165, 1.54) is 37.0 Å². The van der Waals surface area contributed by atoms with E-state index in [4.69, 9.17) is 0 Å². The number of nitrogens with one attached hydrogen (secondary N) is 1. The van der Waals surface area contributed by atoms with E-state index in [0.29, 0.717) is 24.7 Å². The second-order valence-corrected chi connectivity index (χ2v) is 7.38. The first-order chi connectivity index (χ1) is 10.6. The second-order valence-electron chi connectivity index (χ2n) is 6.32. The van der Waals surface area contributed by atoms with E-state index < -0.39 is 0 Å². The molecule has 0 spiro atoms. The van der Waals surface area contributed by atoms with Crippen molar-refractivity contribution in [1.29, 1.82) is 0 Å². The summed E-state index contributed by atoms with van der Waals surface area (Å²) in [6.07, 6.45) is 7.62. The zero-order valence-electron chi connectivity index (χ0n) is 13.0. The Morgan fingerprint density at radius 2 is 2.05 bits per heavy atom. The topological polar surface area (TPSA) is 62.3 Å². The number of hydrogen-bond donors (Lipinski definition) is 1. The monoisotopic (exact) mass is 321 g/mol. The molecule has 0 unspecified atom stereocenters. The summed E-state index contributed by atoms with van der Waals surface area (Å²) in [6.45, 7) is 2.53. The maximum absolute atomic E-state index is 12.3. The molecule has 1 saturated heterocycles. The number of amides is 2. The van der Waals surface area contributed by atoms with E-state index in [1.54, 1.807) is 5.38 Å². The van der Waals surface area contributed by atoms with Gasteiger partial charge in [-0.1, -0.05) is 25.7 Å². The molecule has 1 aromatic heterocycles. The predicted octanol–water partition coefficient (Wildman–Crippen LogP) is 2.51. The highest BCUT2D eigenvalue weighted by molar-refractivity contribution is 7.09. The fourth-order valence-electron chi connectivity index (χ4n) is 3.48. The van der Waals surface area contributed by atoms with Crippen LogP contribution in [0.15, 0.2) is 5.38 Å². The third kappa shape index (κ3) is 3.48. The van der Waals surface area contributed by atoms with Crippen molar-refractivity contribution in [1.82, 2.24) is 15.2 Å². The molecule has 22 heavy (non-hydrogen) atoms. The Kier molecular flexibility index (Phi) is 4.76. The van der Waals surface area contributed by atoms with Gasteiger partial charge in [0.2, 0.25) is 5.91 Å². The lowest BCUT2D eigenvalue weighted by Gasteiger charge is -2.27. The van der Waals surface area contributed by atoms with Crippen molar-refractivity contribution in [2.45, 2.75) is 64.0 Å². The molecule has 6 heteroatoms. The Morgan fingerprint density at radius 1 is 1.32 bits per heavy atom. The number of nitrogens with zero attached hydrogens (tertiary/aromatic N) is 2. The van der Waals surface area contributed by atoms with E-state index in [0.717, 1.165) is 17.8 Å². The summed E-state index contributed by atoms with van der Waals surface area (Å²) < 4.78 is 0. The van der Waals surface area contributed by atoms with Gasteiger partial charge in [-0.3, -0.25) is 9.59 Å². The molecule has 1 aromatic rings. The molecule has 2 fully saturated rings. The molecular formula is C16H23N3O2S. The smallest absolute Gasteiger partial charge is 0.271 e. The quantitative estimate of drug-likeness (QED) is 0.870. The van der Waals surface area contributed by atoms with Crippen LogP contribution in [0.1, 0.15) is 60.4 Å². The summed E-state index contributed by atoms with van der Waals surface area (Å²) in [5.41, 5.74) is 0.461. The number of carbonyl (C=O) groups excluding carboxylic acids is 2. The fraction of sp³-hybridized carbons (Fsp3) is 0.688. The van der Waals surface area contributed by atoms with E-state index >= 15 is 0 Å². The maximum atomic E-state index is 12.3. The van der Waals surface area contributed by atoms with Crippen molar-refractivity contribution in [2.24, 2.45) is 0 Å². The van der Waals surface area contributed by atoms with Crippen LogP contribution in [-0.2, 0) is 4.79 Å². The highest BCUT2D eigenvalue weighted by Gasteiger charge is 2.35. The van der Waals surface area contributed by atoms with Gasteiger partial charge in [-0.2, -0.15) is 0 Å². The minimum atomic E-state index is -0.162. The summed E-state index contributed by atoms with van der Waals surface area (Å²) in [5, 5.41) is 5.62. The first-order valence-corrected chi connectivity index (χ1v) is 9.04. The number of likely N-dealkylation sites (tertiary alicyclic amines) is 1. The number of thiazole rings is 1. The average molecular weight is 321 g/mol. The molecule has 1 aliphatic heterocycles. The van der Waals surface area contributed by atoms with Crippen molar-refractivity contribution in [2.75, 3.05) is 6.54 Å². The van der Waals surface area contributed by atoms with Crippen molar-refractivity contribution >= 4 is 23.2 Å². The molecular weight excluding hydrogens is 298 g/mol. The summed E-state index contributed by atoms with van der Waals surface area (Å²) in [4.78, 5) is 30.6. The lowest BCUT2D eigenvalue weighted by atomic mass is 10.1. The van der Waals surface area contributed by atoms with Crippen molar-refractivity contribution in [3.05, 3.63) is 16.1 Å². The lowest BCUT2D eigenvalue weighted by molar-refractivity contribution is -0.129. The largest absolute Gasteiger partial charge is 0.346 e. The van der Waals surface area contributed by atoms with Gasteiger partial charge >= 0.3 is 0 Å². The molecule has 2 heterocycles. The van der Waals surface area contributed by atoms with Crippen LogP contribution in [0.4, 0.5) is 0 Å². The third-order valence-electron chi connectivity index (χ3n) is 4.61. The minimum Gasteiger partial charge on any atom is -0.346 e. The molecule has 1 aliphatic carbocycles. The molecule has 0 aromatic carbocycles. The first kappa shape index (κ1) is 15.5. The molecule has 0 radical (unpaired) electrons. The van der Waals surface area contributed by atoms with Crippen LogP contribution in [0, 0.1) is 6.92 Å². The predicted molar refractivity (Wildman–Crippen MR) is 85.9 cm³/mol. The summed E-state index contributed by atoms with van der Waals surface area (Å²) in [7, 11) is 0. The van der Waals surface area contributed by atoms with E-state index in [-0.39, 0.29) is 17.9 Å². The molecule has 120 valence electrons. The molecule has 1 N–H and O–H groups in total. The number of carbonyl (C=O) groups is 2. The van der Waals surface area contributed by atoms with Crippen LogP contribution in [0.25, 0.3) is 0 Å². The van der Waals surface area contributed by atoms with Crippen molar-refractivity contribution < 1.29 is 9.59 Å². The summed E-state index contributed by atoms with van der Waals surface area (Å²) in [5.74, 6) is 0.0246. The van der Waals surface area contributed by atoms with Crippen LogP contribution in [0.2, 0.25) is 0 Å². The highest BCUT2D eigenvalue weighted by Crippen LogP contribution is 2.26. The van der Waals surface area contributed by atoms with Gasteiger partial charge in [-0.15, -0.1) is 11.3 Å². The SMILES string of the molecule is Cc1nc(C(=O)N[C@@H]2CC(=O)N(C3CCCCCC3)C2)cs1. The normalized spacial score (nSPS) is 23.6. The molecule has 2 amide bonds. The Bertz CT molecular complexity index is 549. The summed E-state index contributed by atoms with van der Waals surface area (Å²) in [6, 6.07) is 0.295. The Morgan fingerprint density at radius 3 is 2.68 bits per heavy atom. The average Bonchev–Trinajstić information content (AvgIpc) is 2.96. The van der Waals surface area contributed by atoms with E-state index in [1.807, 2.05) is 11.8 Å². The molecule has 1 atom stereocenters. The lowest BCUT2D eigenvalue weighted by Crippen LogP contribution is -2.40. The fourth-order valence-corrected chi connectivity index (χ4v) is 4.07. The van der Waals surface area contributed by atoms with E-state index in [9.17, 15) is 9.59 Å². The number of hydrogen-bond acceptors (Lipinski definition) is 4. The van der Waals surface area contributed by atoms with Gasteiger partial charge in [0.15, 0.2) is 0 Å². The molecule has 0 bridgehead atoms. The number of aromatic nitrogens is 1. The van der Waals surface area contributed by atoms with Gasteiger partial charge in [0.25, 0.3) is 5.91 Å². The standard InChI is InChI=1S/C16H23N3O2S/c1-11-17-14(10-22-11)16(21)18-12-8-15(20)19(9-12)13-6-4-2-3-5-7-13/h10,12-13H,2-9H2,1H3,(H,18,21)/t12-/m1/s1. The van der Waals surface area contributed by atoms with E-state index in [2.05, 4.69) is 10.3 Å². The van der Waals surface area contributed by atoms with Crippen LogP contribution in [0.5, 0.6) is 0 Å². The summed E-state index contributed by atoms with van der Waals surface area (Å²) >= 11 is 1.47. The van der Waals surface area contributed by atoms with Crippen LogP contribution < -0.4 is 5.32 Å². The van der Waals surface area contributed by atoms with Gasteiger partial charge in [0, 0.05) is 24.4 Å². The number of rotatable bonds is 3. The Hall–Kier alpha value is -1.43. The first-order valence-electron chi connectivity index (χ1n) is 8.16. The maximum Gasteiger partial charge on any atom is 0.271 e. The van der Waals surface area contributed by atoms with Gasteiger partial charge < -0.3 is 10.2 Å². The second kappa shape index (κ2) is 6.77. The third-order valence-corrected chi connectivity index (χ3v) is 5.38. The van der Waals surface area contributed by atoms with Crippen molar-refractivity contribution in [3.63, 3.8) is 0 Å². The number of aryl methyl sites for hydroxylation is 1. The highest BCUT2D eigenvalue weighted by atomic mass is 32.1. The zero-order chi connectivity index (χ0) is 15.5. The van der Waals surface area contributed by atoms with Crippen LogP contribution in [0.3, 0.4) is 0 Å². The van der Waals surface area contributed by atoms with Gasteiger partial charge in [-0.05, 0) is 19.8 Å². The Balaban J connectivity index is 1.58. The molecule has 1 saturated carbocycles. The van der Waals surface area contributed by atoms with Gasteiger partial charge in [0.05, 0.1) is 11.0 Å². The molecule has 2 aliphatic rings. The minimum absolute atomic E-state index is 0.0785. The van der Waals surface area contributed by atoms with Crippen LogP contribution in [-0.4, -0.2) is 40.3 Å². The van der Waals surface area contributed by atoms with Crippen molar-refractivity contribution in [3.8, 4) is 0 Å². The van der Waals surface area contributed by atoms with Gasteiger partial charge in [-0.25, -0.2) is 4.98 Å². The zero-order valence-corrected chi connectivity index (χ0v) is 13.8. The Labute approximate surface area is 135 Å².